The Labute approximate surface area is 132 Å². The Kier molecular flexibility index (Phi) is 5.47. The van der Waals surface area contributed by atoms with Crippen molar-refractivity contribution in [1.82, 2.24) is 9.88 Å². The van der Waals surface area contributed by atoms with Gasteiger partial charge >= 0.3 is 0 Å². The molecule has 0 fully saturated rings. The highest BCUT2D eigenvalue weighted by molar-refractivity contribution is 9.10. The fourth-order valence-corrected chi connectivity index (χ4v) is 2.20. The van der Waals surface area contributed by atoms with Gasteiger partial charge in [0.05, 0.1) is 0 Å². The van der Waals surface area contributed by atoms with Gasteiger partial charge in [-0.15, -0.1) is 0 Å². The zero-order chi connectivity index (χ0) is 15.2. The number of carbonyl (C=O) groups is 1. The Balaban J connectivity index is 1.94. The van der Waals surface area contributed by atoms with E-state index in [-0.39, 0.29) is 5.91 Å². The summed E-state index contributed by atoms with van der Waals surface area (Å²) < 4.78 is 0.911. The number of aliphatic hydroxyl groups excluding tert-OH is 1. The molecule has 0 aliphatic carbocycles. The maximum absolute atomic E-state index is 12.2. The van der Waals surface area contributed by atoms with Crippen LogP contribution >= 0.6 is 15.9 Å². The lowest BCUT2D eigenvalue weighted by molar-refractivity contribution is -0.139. The van der Waals surface area contributed by atoms with Crippen LogP contribution in [0, 0.1) is 0 Å². The molecule has 0 bridgehead atoms. The van der Waals surface area contributed by atoms with Crippen molar-refractivity contribution in [2.45, 2.75) is 12.5 Å². The van der Waals surface area contributed by atoms with Crippen molar-refractivity contribution < 1.29 is 9.90 Å². The standard InChI is InChI=1S/C16H17BrN2O2/c1-19(11-9-14-4-2-3-10-18-14)16(21)15(20)12-5-7-13(17)8-6-12/h2-8,10,15,20H,9,11H2,1H3/t15-/m1/s1. The van der Waals surface area contributed by atoms with Gasteiger partial charge in [-0.05, 0) is 29.8 Å². The largest absolute Gasteiger partial charge is 0.378 e. The van der Waals surface area contributed by atoms with Crippen molar-refractivity contribution in [3.05, 3.63) is 64.4 Å². The van der Waals surface area contributed by atoms with E-state index in [1.807, 2.05) is 18.2 Å². The van der Waals surface area contributed by atoms with E-state index in [0.717, 1.165) is 10.2 Å². The molecule has 1 amide bonds. The summed E-state index contributed by atoms with van der Waals surface area (Å²) >= 11 is 3.33. The zero-order valence-electron chi connectivity index (χ0n) is 11.7. The fourth-order valence-electron chi connectivity index (χ4n) is 1.93. The van der Waals surface area contributed by atoms with Crippen molar-refractivity contribution in [2.75, 3.05) is 13.6 Å². The van der Waals surface area contributed by atoms with Crippen LogP contribution in [0.25, 0.3) is 0 Å². The predicted octanol–water partition coefficient (Wildman–Crippen LogP) is 2.58. The maximum atomic E-state index is 12.2. The molecule has 0 aliphatic rings. The normalized spacial score (nSPS) is 12.0. The summed E-state index contributed by atoms with van der Waals surface area (Å²) in [4.78, 5) is 17.9. The first-order valence-electron chi connectivity index (χ1n) is 6.66. The Morgan fingerprint density at radius 1 is 1.29 bits per heavy atom. The van der Waals surface area contributed by atoms with Gasteiger partial charge < -0.3 is 10.0 Å². The summed E-state index contributed by atoms with van der Waals surface area (Å²) in [5.74, 6) is -0.312. The van der Waals surface area contributed by atoms with Crippen molar-refractivity contribution in [2.24, 2.45) is 0 Å². The quantitative estimate of drug-likeness (QED) is 0.903. The molecule has 1 N–H and O–H groups in total. The highest BCUT2D eigenvalue weighted by atomic mass is 79.9. The number of likely N-dealkylation sites (N-methyl/N-ethyl adjacent to an activating group) is 1. The highest BCUT2D eigenvalue weighted by Crippen LogP contribution is 2.18. The number of halogens is 1. The number of benzene rings is 1. The summed E-state index contributed by atoms with van der Waals surface area (Å²) in [7, 11) is 1.69. The van der Waals surface area contributed by atoms with Crippen LogP contribution in [-0.4, -0.2) is 34.5 Å². The van der Waals surface area contributed by atoms with Gasteiger partial charge in [0, 0.05) is 36.4 Å². The van der Waals surface area contributed by atoms with Gasteiger partial charge in [0.2, 0.25) is 0 Å². The Morgan fingerprint density at radius 3 is 2.62 bits per heavy atom. The van der Waals surface area contributed by atoms with Crippen LogP contribution in [0.4, 0.5) is 0 Å². The number of hydrogen-bond acceptors (Lipinski definition) is 3. The number of amides is 1. The average Bonchev–Trinajstić information content (AvgIpc) is 2.53. The zero-order valence-corrected chi connectivity index (χ0v) is 13.3. The number of carbonyl (C=O) groups excluding carboxylic acids is 1. The predicted molar refractivity (Wildman–Crippen MR) is 84.7 cm³/mol. The second-order valence-corrected chi connectivity index (χ2v) is 5.70. The molecule has 0 saturated carbocycles. The van der Waals surface area contributed by atoms with E-state index in [4.69, 9.17) is 0 Å². The molecule has 1 aromatic carbocycles. The summed E-state index contributed by atoms with van der Waals surface area (Å²) in [6, 6.07) is 12.8. The van der Waals surface area contributed by atoms with E-state index in [1.165, 1.54) is 4.90 Å². The van der Waals surface area contributed by atoms with Crippen LogP contribution in [0.1, 0.15) is 17.4 Å². The van der Waals surface area contributed by atoms with Crippen LogP contribution in [0.5, 0.6) is 0 Å². The van der Waals surface area contributed by atoms with Crippen LogP contribution in [0.3, 0.4) is 0 Å². The first-order chi connectivity index (χ1) is 10.1. The van der Waals surface area contributed by atoms with Gasteiger partial charge in [-0.2, -0.15) is 0 Å². The van der Waals surface area contributed by atoms with Crippen LogP contribution in [-0.2, 0) is 11.2 Å². The summed E-state index contributed by atoms with van der Waals surface area (Å²) in [6.07, 6.45) is 1.26. The van der Waals surface area contributed by atoms with Crippen molar-refractivity contribution >= 4 is 21.8 Å². The lowest BCUT2D eigenvalue weighted by Crippen LogP contribution is -2.33. The molecule has 0 radical (unpaired) electrons. The number of aliphatic hydroxyl groups is 1. The van der Waals surface area contributed by atoms with Gasteiger partial charge in [-0.25, -0.2) is 0 Å². The number of pyridine rings is 1. The molecule has 110 valence electrons. The Hall–Kier alpha value is -1.72. The van der Waals surface area contributed by atoms with Gasteiger partial charge in [-0.3, -0.25) is 9.78 Å². The molecule has 2 aromatic rings. The lowest BCUT2D eigenvalue weighted by Gasteiger charge is -2.20. The minimum absolute atomic E-state index is 0.312. The first-order valence-corrected chi connectivity index (χ1v) is 7.45. The molecule has 2 rings (SSSR count). The minimum Gasteiger partial charge on any atom is -0.378 e. The van der Waals surface area contributed by atoms with E-state index in [2.05, 4.69) is 20.9 Å². The number of hydrogen-bond donors (Lipinski definition) is 1. The Bertz CT molecular complexity index is 587. The summed E-state index contributed by atoms with van der Waals surface area (Å²) in [5.41, 5.74) is 1.52. The molecule has 0 spiro atoms. The van der Waals surface area contributed by atoms with E-state index >= 15 is 0 Å². The molecule has 5 heteroatoms. The lowest BCUT2D eigenvalue weighted by atomic mass is 10.1. The van der Waals surface area contributed by atoms with Crippen LogP contribution in [0.15, 0.2) is 53.1 Å². The minimum atomic E-state index is -1.13. The molecule has 21 heavy (non-hydrogen) atoms. The molecule has 0 aliphatic heterocycles. The molecule has 1 atom stereocenters. The highest BCUT2D eigenvalue weighted by Gasteiger charge is 2.21. The number of nitrogens with zero attached hydrogens (tertiary/aromatic N) is 2. The number of aromatic nitrogens is 1. The maximum Gasteiger partial charge on any atom is 0.255 e. The van der Waals surface area contributed by atoms with Gasteiger partial charge in [0.25, 0.3) is 5.91 Å². The van der Waals surface area contributed by atoms with Crippen LogP contribution < -0.4 is 0 Å². The molecule has 4 nitrogen and oxygen atoms in total. The van der Waals surface area contributed by atoms with Gasteiger partial charge in [0.15, 0.2) is 6.10 Å². The monoisotopic (exact) mass is 348 g/mol. The first kappa shape index (κ1) is 15.7. The van der Waals surface area contributed by atoms with E-state index in [1.54, 1.807) is 37.5 Å². The van der Waals surface area contributed by atoms with Gasteiger partial charge in [-0.1, -0.05) is 34.1 Å². The van der Waals surface area contributed by atoms with Crippen molar-refractivity contribution in [3.8, 4) is 0 Å². The topological polar surface area (TPSA) is 53.4 Å². The van der Waals surface area contributed by atoms with Crippen molar-refractivity contribution in [3.63, 3.8) is 0 Å². The third kappa shape index (κ3) is 4.37. The second-order valence-electron chi connectivity index (χ2n) is 4.78. The SMILES string of the molecule is CN(CCc1ccccn1)C(=O)[C@H](O)c1ccc(Br)cc1. The smallest absolute Gasteiger partial charge is 0.255 e. The molecular formula is C16H17BrN2O2. The van der Waals surface area contributed by atoms with Gasteiger partial charge in [0.1, 0.15) is 0 Å². The molecule has 1 heterocycles. The van der Waals surface area contributed by atoms with Crippen LogP contribution in [0.2, 0.25) is 0 Å². The third-order valence-corrected chi connectivity index (χ3v) is 3.75. The van der Waals surface area contributed by atoms with E-state index in [0.29, 0.717) is 18.5 Å². The second kappa shape index (κ2) is 7.33. The molecule has 1 aromatic heterocycles. The van der Waals surface area contributed by atoms with Crippen molar-refractivity contribution in [1.29, 1.82) is 0 Å². The van der Waals surface area contributed by atoms with E-state index in [9.17, 15) is 9.90 Å². The third-order valence-electron chi connectivity index (χ3n) is 3.23. The number of rotatable bonds is 5. The molecular weight excluding hydrogens is 332 g/mol. The summed E-state index contributed by atoms with van der Waals surface area (Å²) in [5, 5.41) is 10.1. The van der Waals surface area contributed by atoms with E-state index < -0.39 is 6.10 Å². The molecule has 0 unspecified atom stereocenters. The summed E-state index contributed by atoms with van der Waals surface area (Å²) in [6.45, 7) is 0.517. The average molecular weight is 349 g/mol. The molecule has 0 saturated heterocycles. The fraction of sp³-hybridized carbons (Fsp3) is 0.250. The Morgan fingerprint density at radius 2 is 2.00 bits per heavy atom.